The standard InChI is InChI=1S/C28H36N6O2/c1-32(16-21-8-4-3-5-9-21)17-24-18-34(31-30-24)19-25-14-22-12-13-33(25)20-26(22)28(35)29-15-23-10-6-7-11-27(23)36-2/h3-11,18,22,25-26H,12-17,19-20H2,1-2H3,(H,29,35)/p+2/t22-,25+,26-/m0/s1. The monoisotopic (exact) mass is 490 g/mol. The van der Waals surface area contributed by atoms with Crippen LogP contribution in [-0.2, 0) is 31.0 Å². The Morgan fingerprint density at radius 1 is 1.17 bits per heavy atom. The van der Waals surface area contributed by atoms with Crippen molar-refractivity contribution < 1.29 is 19.3 Å². The molecule has 3 N–H and O–H groups in total. The molecule has 0 radical (unpaired) electrons. The van der Waals surface area contributed by atoms with Gasteiger partial charge in [-0.1, -0.05) is 53.7 Å². The van der Waals surface area contributed by atoms with Crippen LogP contribution in [0.15, 0.2) is 60.8 Å². The number of nitrogens with one attached hydrogen (secondary N) is 3. The quantitative estimate of drug-likeness (QED) is 0.377. The maximum atomic E-state index is 13.1. The van der Waals surface area contributed by atoms with Crippen LogP contribution in [0.3, 0.4) is 0 Å². The molecule has 3 aliphatic heterocycles. The van der Waals surface area contributed by atoms with Crippen molar-refractivity contribution in [3.63, 3.8) is 0 Å². The first kappa shape index (κ1) is 24.5. The van der Waals surface area contributed by atoms with Crippen molar-refractivity contribution in [1.82, 2.24) is 20.3 Å². The maximum Gasteiger partial charge on any atom is 0.229 e. The van der Waals surface area contributed by atoms with E-state index in [0.29, 0.717) is 18.5 Å². The number of ether oxygens (including phenoxy) is 1. The van der Waals surface area contributed by atoms with Crippen LogP contribution < -0.4 is 19.9 Å². The van der Waals surface area contributed by atoms with E-state index in [4.69, 9.17) is 4.74 Å². The van der Waals surface area contributed by atoms with Crippen molar-refractivity contribution in [2.45, 2.75) is 45.1 Å². The van der Waals surface area contributed by atoms with Gasteiger partial charge in [0.1, 0.15) is 30.6 Å². The molecule has 5 atom stereocenters. The summed E-state index contributed by atoms with van der Waals surface area (Å²) in [7, 11) is 3.86. The van der Waals surface area contributed by atoms with E-state index in [-0.39, 0.29) is 11.8 Å². The molecule has 2 unspecified atom stereocenters. The van der Waals surface area contributed by atoms with Gasteiger partial charge in [-0.15, -0.1) is 5.10 Å². The van der Waals surface area contributed by atoms with Gasteiger partial charge in [0.2, 0.25) is 5.91 Å². The number of amides is 1. The first-order valence-corrected chi connectivity index (χ1v) is 13.1. The maximum absolute atomic E-state index is 13.1. The molecule has 190 valence electrons. The van der Waals surface area contributed by atoms with Crippen LogP contribution in [0.5, 0.6) is 5.75 Å². The van der Waals surface area contributed by atoms with Gasteiger partial charge in [0.25, 0.3) is 0 Å². The molecule has 8 nitrogen and oxygen atoms in total. The second-order valence-corrected chi connectivity index (χ2v) is 10.5. The fraction of sp³-hybridized carbons (Fsp3) is 0.464. The molecule has 3 saturated heterocycles. The molecule has 3 fully saturated rings. The van der Waals surface area contributed by atoms with Crippen LogP contribution in [0.25, 0.3) is 0 Å². The highest BCUT2D eigenvalue weighted by atomic mass is 16.5. The van der Waals surface area contributed by atoms with Crippen molar-refractivity contribution in [3.8, 4) is 5.75 Å². The van der Waals surface area contributed by atoms with Crippen molar-refractivity contribution >= 4 is 5.91 Å². The number of methoxy groups -OCH3 is 1. The smallest absolute Gasteiger partial charge is 0.229 e. The number of piperidine rings is 3. The van der Waals surface area contributed by atoms with E-state index >= 15 is 0 Å². The van der Waals surface area contributed by atoms with E-state index in [2.05, 4.69) is 59.2 Å². The number of quaternary nitrogens is 2. The highest BCUT2D eigenvalue weighted by molar-refractivity contribution is 5.79. The third kappa shape index (κ3) is 5.77. The summed E-state index contributed by atoms with van der Waals surface area (Å²) in [6.45, 7) is 5.23. The highest BCUT2D eigenvalue weighted by Gasteiger charge is 2.46. The van der Waals surface area contributed by atoms with Gasteiger partial charge in [-0.05, 0) is 12.0 Å². The van der Waals surface area contributed by atoms with E-state index in [1.54, 1.807) is 7.11 Å². The third-order valence-electron chi connectivity index (χ3n) is 7.86. The summed E-state index contributed by atoms with van der Waals surface area (Å²) in [4.78, 5) is 16.0. The predicted octanol–water partition coefficient (Wildman–Crippen LogP) is 0.111. The lowest BCUT2D eigenvalue weighted by molar-refractivity contribution is -0.945. The molecule has 4 heterocycles. The predicted molar refractivity (Wildman–Crippen MR) is 136 cm³/mol. The van der Waals surface area contributed by atoms with E-state index in [9.17, 15) is 4.79 Å². The summed E-state index contributed by atoms with van der Waals surface area (Å²) in [5, 5.41) is 12.1. The average molecular weight is 491 g/mol. The molecule has 2 aromatic carbocycles. The lowest BCUT2D eigenvalue weighted by Gasteiger charge is -2.46. The summed E-state index contributed by atoms with van der Waals surface area (Å²) in [5.74, 6) is 1.52. The van der Waals surface area contributed by atoms with Gasteiger partial charge in [-0.25, -0.2) is 4.68 Å². The zero-order valence-electron chi connectivity index (χ0n) is 21.3. The van der Waals surface area contributed by atoms with Crippen LogP contribution in [0.4, 0.5) is 0 Å². The summed E-state index contributed by atoms with van der Waals surface area (Å²) in [6, 6.07) is 18.9. The number of nitrogens with zero attached hydrogens (tertiary/aromatic N) is 3. The second kappa shape index (κ2) is 11.2. The minimum absolute atomic E-state index is 0.0845. The number of benzene rings is 2. The Balaban J connectivity index is 1.12. The van der Waals surface area contributed by atoms with Gasteiger partial charge in [-0.3, -0.25) is 4.79 Å². The van der Waals surface area contributed by atoms with E-state index < -0.39 is 0 Å². The molecular weight excluding hydrogens is 452 g/mol. The molecule has 6 rings (SSSR count). The largest absolute Gasteiger partial charge is 0.496 e. The van der Waals surface area contributed by atoms with Crippen LogP contribution in [0.2, 0.25) is 0 Å². The summed E-state index contributed by atoms with van der Waals surface area (Å²) in [5.41, 5.74) is 3.37. The molecule has 8 heteroatoms. The fourth-order valence-corrected chi connectivity index (χ4v) is 6.03. The first-order valence-electron chi connectivity index (χ1n) is 13.1. The number of hydrogen-bond donors (Lipinski definition) is 3. The Morgan fingerprint density at radius 2 is 1.97 bits per heavy atom. The van der Waals surface area contributed by atoms with Gasteiger partial charge in [-0.2, -0.15) is 0 Å². The Morgan fingerprint density at radius 3 is 2.75 bits per heavy atom. The minimum Gasteiger partial charge on any atom is -0.496 e. The number of carbonyl (C=O) groups excluding carboxylic acids is 1. The van der Waals surface area contributed by atoms with E-state index in [0.717, 1.165) is 62.6 Å². The summed E-state index contributed by atoms with van der Waals surface area (Å²) in [6.07, 6.45) is 4.29. The normalized spacial score (nSPS) is 23.8. The second-order valence-electron chi connectivity index (χ2n) is 10.5. The Hall–Kier alpha value is -3.23. The molecule has 1 amide bonds. The SMILES string of the molecule is COc1ccccc1CNC(=O)[C@H]1C[NH+]2CC[C@H]1C[C@@H]2Cn1cc(C[NH+](C)Cc2ccccc2)nn1. The number of carbonyl (C=O) groups is 1. The summed E-state index contributed by atoms with van der Waals surface area (Å²) >= 11 is 0. The van der Waals surface area contributed by atoms with E-state index in [1.165, 1.54) is 15.4 Å². The number of rotatable bonds is 10. The van der Waals surface area contributed by atoms with Gasteiger partial charge >= 0.3 is 0 Å². The zero-order valence-corrected chi connectivity index (χ0v) is 21.3. The van der Waals surface area contributed by atoms with Crippen LogP contribution in [0.1, 0.15) is 29.7 Å². The molecule has 3 aromatic rings. The molecular formula is C28H38N6O2+2. The van der Waals surface area contributed by atoms with Crippen LogP contribution >= 0.6 is 0 Å². The number of hydrogen-bond acceptors (Lipinski definition) is 4. The first-order chi connectivity index (χ1) is 17.6. The van der Waals surface area contributed by atoms with Crippen LogP contribution in [0, 0.1) is 11.8 Å². The van der Waals surface area contributed by atoms with E-state index in [1.807, 2.05) is 28.9 Å². The van der Waals surface area contributed by atoms with Gasteiger partial charge in [0.05, 0.1) is 45.9 Å². The molecule has 0 aliphatic carbocycles. The Kier molecular flexibility index (Phi) is 7.63. The lowest BCUT2D eigenvalue weighted by atomic mass is 9.75. The Labute approximate surface area is 213 Å². The highest BCUT2D eigenvalue weighted by Crippen LogP contribution is 2.28. The topological polar surface area (TPSA) is 77.9 Å². The summed E-state index contributed by atoms with van der Waals surface area (Å²) < 4.78 is 7.44. The molecule has 3 aliphatic rings. The van der Waals surface area contributed by atoms with Gasteiger partial charge < -0.3 is 19.9 Å². The fourth-order valence-electron chi connectivity index (χ4n) is 6.03. The molecule has 0 saturated carbocycles. The molecule has 1 aromatic heterocycles. The van der Waals surface area contributed by atoms with Crippen molar-refractivity contribution in [1.29, 1.82) is 0 Å². The minimum atomic E-state index is 0.0845. The zero-order chi connectivity index (χ0) is 24.9. The van der Waals surface area contributed by atoms with Crippen molar-refractivity contribution in [3.05, 3.63) is 77.6 Å². The van der Waals surface area contributed by atoms with Gasteiger partial charge in [0.15, 0.2) is 0 Å². The number of aromatic nitrogens is 3. The molecule has 2 bridgehead atoms. The number of para-hydroxylation sites is 1. The van der Waals surface area contributed by atoms with Gasteiger partial charge in [0, 0.05) is 30.5 Å². The third-order valence-corrected chi connectivity index (χ3v) is 7.86. The van der Waals surface area contributed by atoms with Crippen molar-refractivity contribution in [2.24, 2.45) is 11.8 Å². The lowest BCUT2D eigenvalue weighted by Crippen LogP contribution is -3.20. The average Bonchev–Trinajstić information content (AvgIpc) is 3.34. The number of fused-ring (bicyclic) bond motifs is 3. The Bertz CT molecular complexity index is 1150. The molecule has 36 heavy (non-hydrogen) atoms. The van der Waals surface area contributed by atoms with Crippen molar-refractivity contribution in [2.75, 3.05) is 27.2 Å². The molecule has 0 spiro atoms. The van der Waals surface area contributed by atoms with Crippen LogP contribution in [-0.4, -0.2) is 54.2 Å².